The van der Waals surface area contributed by atoms with Crippen LogP contribution in [0.2, 0.25) is 0 Å². The zero-order valence-corrected chi connectivity index (χ0v) is 12.1. The number of nitrogen functional groups attached to an aromatic ring is 1. The number of nitro benzene ring substituents is 1. The van der Waals surface area contributed by atoms with E-state index in [1.807, 2.05) is 4.72 Å². The number of primary sulfonamides is 1. The number of nitrogens with two attached hydrogens (primary N) is 2. The minimum atomic E-state index is -4.11. The average molecular weight is 339 g/mol. The zero-order valence-electron chi connectivity index (χ0n) is 10.5. The van der Waals surface area contributed by atoms with Crippen molar-refractivity contribution in [2.24, 2.45) is 11.0 Å². The van der Waals surface area contributed by atoms with Crippen molar-refractivity contribution in [1.29, 1.82) is 0 Å². The van der Waals surface area contributed by atoms with Crippen LogP contribution in [-0.2, 0) is 20.0 Å². The summed E-state index contributed by atoms with van der Waals surface area (Å²) in [5.41, 5.74) is 1.46. The van der Waals surface area contributed by atoms with E-state index in [2.05, 4.69) is 5.43 Å². The Labute approximate surface area is 120 Å². The van der Waals surface area contributed by atoms with Crippen LogP contribution in [0.15, 0.2) is 23.1 Å². The van der Waals surface area contributed by atoms with E-state index >= 15 is 0 Å². The van der Waals surface area contributed by atoms with Gasteiger partial charge in [0.05, 0.1) is 15.6 Å². The number of nitro groups is 1. The topological polar surface area (TPSA) is 188 Å². The number of anilines is 1. The SMILES string of the molecule is NNc1ccc(S(=O)(=O)NCCS(N)(=O)=O)cc1[N+](=O)[O-]. The first-order valence-corrected chi connectivity index (χ1v) is 8.52. The Bertz CT molecular complexity index is 744. The van der Waals surface area contributed by atoms with Crippen molar-refractivity contribution in [3.05, 3.63) is 28.3 Å². The van der Waals surface area contributed by atoms with Crippen LogP contribution in [0.25, 0.3) is 0 Å². The van der Waals surface area contributed by atoms with Crippen LogP contribution in [0.4, 0.5) is 11.4 Å². The lowest BCUT2D eigenvalue weighted by atomic mass is 10.3. The smallest absolute Gasteiger partial charge is 0.294 e. The summed E-state index contributed by atoms with van der Waals surface area (Å²) in [5, 5.41) is 15.5. The van der Waals surface area contributed by atoms with E-state index in [0.29, 0.717) is 0 Å². The molecule has 0 fully saturated rings. The Morgan fingerprint density at radius 1 is 1.24 bits per heavy atom. The third kappa shape index (κ3) is 4.91. The summed E-state index contributed by atoms with van der Waals surface area (Å²) in [6.45, 7) is -0.453. The Morgan fingerprint density at radius 2 is 1.86 bits per heavy atom. The van der Waals surface area contributed by atoms with Gasteiger partial charge in [-0.1, -0.05) is 0 Å². The number of nitrogens with zero attached hydrogens (tertiary/aromatic N) is 1. The Morgan fingerprint density at radius 3 is 2.33 bits per heavy atom. The Balaban J connectivity index is 3.04. The van der Waals surface area contributed by atoms with Crippen LogP contribution < -0.4 is 21.1 Å². The summed E-state index contributed by atoms with van der Waals surface area (Å²) in [6.07, 6.45) is 0. The molecule has 118 valence electrons. The van der Waals surface area contributed by atoms with Gasteiger partial charge in [-0.05, 0) is 12.1 Å². The highest BCUT2D eigenvalue weighted by Crippen LogP contribution is 2.26. The summed E-state index contributed by atoms with van der Waals surface area (Å²) in [6, 6.07) is 3.00. The molecule has 1 rings (SSSR count). The van der Waals surface area contributed by atoms with Crippen molar-refractivity contribution in [1.82, 2.24) is 4.72 Å². The van der Waals surface area contributed by atoms with E-state index < -0.39 is 47.9 Å². The largest absolute Gasteiger partial charge is 0.318 e. The van der Waals surface area contributed by atoms with E-state index in [-0.39, 0.29) is 5.69 Å². The molecule has 0 saturated carbocycles. The standard InChI is InChI=1S/C8H13N5O6S2/c9-12-7-2-1-6(5-8(7)13(14)15)21(18,19)11-3-4-20(10,16)17/h1-2,5,11-12H,3-4,9H2,(H2,10,16,17). The number of hydrogen-bond acceptors (Lipinski definition) is 8. The van der Waals surface area contributed by atoms with Crippen LogP contribution in [-0.4, -0.2) is 34.1 Å². The second-order valence-electron chi connectivity index (χ2n) is 3.85. The predicted molar refractivity (Wildman–Crippen MR) is 74.1 cm³/mol. The molecular weight excluding hydrogens is 326 g/mol. The van der Waals surface area contributed by atoms with Crippen LogP contribution in [0, 0.1) is 10.1 Å². The van der Waals surface area contributed by atoms with Crippen LogP contribution >= 0.6 is 0 Å². The lowest BCUT2D eigenvalue weighted by Crippen LogP contribution is -2.31. The molecule has 0 amide bonds. The van der Waals surface area contributed by atoms with Crippen molar-refractivity contribution in [2.75, 3.05) is 17.7 Å². The van der Waals surface area contributed by atoms with E-state index in [4.69, 9.17) is 11.0 Å². The van der Waals surface area contributed by atoms with Gasteiger partial charge >= 0.3 is 0 Å². The average Bonchev–Trinajstić information content (AvgIpc) is 2.35. The molecule has 0 aliphatic carbocycles. The summed E-state index contributed by atoms with van der Waals surface area (Å²) < 4.78 is 47.1. The molecule has 1 aromatic rings. The third-order valence-corrected chi connectivity index (χ3v) is 4.54. The lowest BCUT2D eigenvalue weighted by Gasteiger charge is -2.07. The van der Waals surface area contributed by atoms with Crippen molar-refractivity contribution < 1.29 is 21.8 Å². The van der Waals surface area contributed by atoms with Crippen molar-refractivity contribution in [3.63, 3.8) is 0 Å². The number of sulfonamides is 2. The van der Waals surface area contributed by atoms with Gasteiger partial charge in [-0.15, -0.1) is 0 Å². The molecule has 0 saturated heterocycles. The third-order valence-electron chi connectivity index (χ3n) is 2.31. The van der Waals surface area contributed by atoms with Gasteiger partial charge in [-0.25, -0.2) is 26.7 Å². The minimum absolute atomic E-state index is 0.0662. The fraction of sp³-hybridized carbons (Fsp3) is 0.250. The molecule has 1 aromatic carbocycles. The molecular formula is C8H13N5O6S2. The van der Waals surface area contributed by atoms with Gasteiger partial charge < -0.3 is 5.43 Å². The number of hydrogen-bond donors (Lipinski definition) is 4. The van der Waals surface area contributed by atoms with E-state index in [1.54, 1.807) is 0 Å². The fourth-order valence-electron chi connectivity index (χ4n) is 1.35. The first-order chi connectivity index (χ1) is 9.57. The highest BCUT2D eigenvalue weighted by molar-refractivity contribution is 7.90. The number of nitrogens with one attached hydrogen (secondary N) is 2. The van der Waals surface area contributed by atoms with Crippen molar-refractivity contribution in [2.45, 2.75) is 4.90 Å². The molecule has 0 heterocycles. The summed E-state index contributed by atoms with van der Waals surface area (Å²) in [4.78, 5) is 9.60. The van der Waals surface area contributed by atoms with Gasteiger partial charge in [0, 0.05) is 12.6 Å². The second kappa shape index (κ2) is 6.31. The molecule has 21 heavy (non-hydrogen) atoms. The van der Waals surface area contributed by atoms with Crippen LogP contribution in [0.5, 0.6) is 0 Å². The maximum Gasteiger partial charge on any atom is 0.294 e. The summed E-state index contributed by atoms with van der Waals surface area (Å²) in [7, 11) is -7.93. The van der Waals surface area contributed by atoms with Crippen LogP contribution in [0.1, 0.15) is 0 Å². The molecule has 6 N–H and O–H groups in total. The van der Waals surface area contributed by atoms with Gasteiger partial charge in [-0.3, -0.25) is 16.0 Å². The first-order valence-electron chi connectivity index (χ1n) is 5.32. The van der Waals surface area contributed by atoms with E-state index in [0.717, 1.165) is 18.2 Å². The number of hydrazine groups is 1. The van der Waals surface area contributed by atoms with E-state index in [9.17, 15) is 26.9 Å². The molecule has 0 bridgehead atoms. The molecule has 0 atom stereocenters. The maximum atomic E-state index is 11.9. The molecule has 11 nitrogen and oxygen atoms in total. The molecule has 0 radical (unpaired) electrons. The normalized spacial score (nSPS) is 12.1. The number of benzene rings is 1. The minimum Gasteiger partial charge on any atom is -0.318 e. The highest BCUT2D eigenvalue weighted by Gasteiger charge is 2.21. The Hall–Kier alpha value is -1.80. The highest BCUT2D eigenvalue weighted by atomic mass is 32.2. The second-order valence-corrected chi connectivity index (χ2v) is 7.35. The molecule has 0 aliphatic rings. The lowest BCUT2D eigenvalue weighted by molar-refractivity contribution is -0.384. The molecule has 0 aromatic heterocycles. The zero-order chi connectivity index (χ0) is 16.3. The van der Waals surface area contributed by atoms with Crippen molar-refractivity contribution >= 4 is 31.4 Å². The molecule has 0 unspecified atom stereocenters. The van der Waals surface area contributed by atoms with Gasteiger partial charge in [0.15, 0.2) is 0 Å². The van der Waals surface area contributed by atoms with Crippen molar-refractivity contribution in [3.8, 4) is 0 Å². The van der Waals surface area contributed by atoms with Gasteiger partial charge in [0.1, 0.15) is 5.69 Å². The quantitative estimate of drug-likeness (QED) is 0.261. The first kappa shape index (κ1) is 17.3. The van der Waals surface area contributed by atoms with Gasteiger partial charge in [0.25, 0.3) is 5.69 Å². The summed E-state index contributed by atoms with van der Waals surface area (Å²) in [5.74, 6) is 4.48. The van der Waals surface area contributed by atoms with Gasteiger partial charge in [0.2, 0.25) is 20.0 Å². The van der Waals surface area contributed by atoms with E-state index in [1.165, 1.54) is 0 Å². The summed E-state index contributed by atoms with van der Waals surface area (Å²) >= 11 is 0. The monoisotopic (exact) mass is 339 g/mol. The maximum absolute atomic E-state index is 11.9. The fourth-order valence-corrected chi connectivity index (χ4v) is 2.92. The molecule has 0 spiro atoms. The Kier molecular flexibility index (Phi) is 5.19. The predicted octanol–water partition coefficient (Wildman–Crippen LogP) is -1.55. The molecule has 13 heteroatoms. The van der Waals surface area contributed by atoms with Gasteiger partial charge in [-0.2, -0.15) is 0 Å². The number of rotatable bonds is 7. The molecule has 0 aliphatic heterocycles. The van der Waals surface area contributed by atoms with Crippen LogP contribution in [0.3, 0.4) is 0 Å².